The molecule has 1 aromatic carbocycles. The van der Waals surface area contributed by atoms with Gasteiger partial charge >= 0.3 is 0 Å². The van der Waals surface area contributed by atoms with Crippen LogP contribution in [0.5, 0.6) is 0 Å². The zero-order valence-corrected chi connectivity index (χ0v) is 13.5. The van der Waals surface area contributed by atoms with Gasteiger partial charge in [-0.1, -0.05) is 38.0 Å². The predicted octanol–water partition coefficient (Wildman–Crippen LogP) is 3.85. The molecule has 0 radical (unpaired) electrons. The Balaban J connectivity index is 2.10. The topological polar surface area (TPSA) is 42.0 Å². The monoisotopic (exact) mass is 314 g/mol. The number of carbonyl (C=O) groups is 1. The molecule has 0 saturated heterocycles. The fraction of sp³-hybridized carbons (Fsp3) is 0.368. The number of unbranched alkanes of at least 4 members (excludes halogenated alkanes) is 2. The third-order valence-corrected chi connectivity index (χ3v) is 3.81. The van der Waals surface area contributed by atoms with E-state index in [9.17, 15) is 9.18 Å². The van der Waals surface area contributed by atoms with Gasteiger partial charge in [-0.15, -0.1) is 0 Å². The lowest BCUT2D eigenvalue weighted by atomic mass is 9.93. The molecule has 122 valence electrons. The maximum Gasteiger partial charge on any atom is 0.227 e. The third kappa shape index (κ3) is 5.47. The molecular weight excluding hydrogens is 291 g/mol. The number of halogens is 1. The number of nitrogens with one attached hydrogen (secondary N) is 1. The highest BCUT2D eigenvalue weighted by Crippen LogP contribution is 2.21. The van der Waals surface area contributed by atoms with Crippen LogP contribution < -0.4 is 5.32 Å². The molecule has 0 bridgehead atoms. The largest absolute Gasteiger partial charge is 0.356 e. The van der Waals surface area contributed by atoms with Crippen LogP contribution in [0.3, 0.4) is 0 Å². The van der Waals surface area contributed by atoms with Crippen molar-refractivity contribution >= 4 is 5.91 Å². The van der Waals surface area contributed by atoms with E-state index in [1.165, 1.54) is 12.1 Å². The van der Waals surface area contributed by atoms with Crippen molar-refractivity contribution in [3.8, 4) is 0 Å². The zero-order valence-electron chi connectivity index (χ0n) is 13.5. The normalized spacial score (nSPS) is 11.9. The van der Waals surface area contributed by atoms with Gasteiger partial charge in [-0.25, -0.2) is 4.39 Å². The number of benzene rings is 1. The molecule has 1 unspecified atom stereocenters. The second-order valence-corrected chi connectivity index (χ2v) is 5.63. The first-order chi connectivity index (χ1) is 11.2. The van der Waals surface area contributed by atoms with Crippen LogP contribution in [0.2, 0.25) is 0 Å². The minimum Gasteiger partial charge on any atom is -0.356 e. The molecule has 4 heteroatoms. The summed E-state index contributed by atoms with van der Waals surface area (Å²) in [6, 6.07) is 11.8. The Morgan fingerprint density at radius 1 is 1.17 bits per heavy atom. The van der Waals surface area contributed by atoms with Gasteiger partial charge in [0.2, 0.25) is 5.91 Å². The Morgan fingerprint density at radius 3 is 2.61 bits per heavy atom. The van der Waals surface area contributed by atoms with Crippen LogP contribution in [0.15, 0.2) is 48.7 Å². The molecule has 1 amide bonds. The Bertz CT molecular complexity index is 599. The molecule has 0 saturated carbocycles. The van der Waals surface area contributed by atoms with E-state index in [0.717, 1.165) is 30.5 Å². The highest BCUT2D eigenvalue weighted by Gasteiger charge is 2.21. The smallest absolute Gasteiger partial charge is 0.227 e. The fourth-order valence-electron chi connectivity index (χ4n) is 2.49. The van der Waals surface area contributed by atoms with E-state index in [1.54, 1.807) is 18.3 Å². The van der Waals surface area contributed by atoms with Crippen LogP contribution in [-0.4, -0.2) is 17.4 Å². The van der Waals surface area contributed by atoms with Gasteiger partial charge in [0, 0.05) is 24.9 Å². The second kappa shape index (κ2) is 9.03. The predicted molar refractivity (Wildman–Crippen MR) is 89.6 cm³/mol. The number of hydrogen-bond acceptors (Lipinski definition) is 2. The molecule has 1 atom stereocenters. The molecule has 3 nitrogen and oxygen atoms in total. The van der Waals surface area contributed by atoms with Crippen LogP contribution in [0.25, 0.3) is 0 Å². The number of pyridine rings is 1. The molecule has 1 heterocycles. The summed E-state index contributed by atoms with van der Waals surface area (Å²) in [6.07, 6.45) is 5.41. The maximum atomic E-state index is 13.2. The van der Waals surface area contributed by atoms with Crippen LogP contribution in [0.1, 0.15) is 43.4 Å². The molecular formula is C19H23FN2O. The van der Waals surface area contributed by atoms with Crippen LogP contribution in [0.4, 0.5) is 4.39 Å². The van der Waals surface area contributed by atoms with Crippen molar-refractivity contribution in [1.29, 1.82) is 0 Å². The first-order valence-corrected chi connectivity index (χ1v) is 8.13. The molecule has 0 spiro atoms. The minimum atomic E-state index is -0.355. The lowest BCUT2D eigenvalue weighted by molar-refractivity contribution is -0.122. The molecule has 1 N–H and O–H groups in total. The summed E-state index contributed by atoms with van der Waals surface area (Å²) in [6.45, 7) is 2.80. The van der Waals surface area contributed by atoms with Gasteiger partial charge in [0.25, 0.3) is 0 Å². The van der Waals surface area contributed by atoms with Gasteiger partial charge in [0.05, 0.1) is 5.92 Å². The summed E-state index contributed by atoms with van der Waals surface area (Å²) in [4.78, 5) is 16.9. The van der Waals surface area contributed by atoms with Crippen molar-refractivity contribution in [2.75, 3.05) is 6.54 Å². The molecule has 1 aromatic heterocycles. The molecule has 0 aliphatic carbocycles. The summed E-state index contributed by atoms with van der Waals surface area (Å²) in [5, 5.41) is 2.99. The number of nitrogens with zero attached hydrogens (tertiary/aromatic N) is 1. The van der Waals surface area contributed by atoms with Crippen molar-refractivity contribution in [2.24, 2.45) is 0 Å². The number of carbonyl (C=O) groups excluding carboxylic acids is 1. The summed E-state index contributed by atoms with van der Waals surface area (Å²) < 4.78 is 13.2. The Hall–Kier alpha value is -2.23. The first-order valence-electron chi connectivity index (χ1n) is 8.13. The van der Waals surface area contributed by atoms with E-state index in [2.05, 4.69) is 17.2 Å². The summed E-state index contributed by atoms with van der Waals surface area (Å²) >= 11 is 0. The van der Waals surface area contributed by atoms with Gasteiger partial charge < -0.3 is 5.32 Å². The van der Waals surface area contributed by atoms with Crippen molar-refractivity contribution in [3.63, 3.8) is 0 Å². The lowest BCUT2D eigenvalue weighted by Crippen LogP contribution is -2.31. The van der Waals surface area contributed by atoms with Gasteiger partial charge in [0.1, 0.15) is 5.82 Å². The quantitative estimate of drug-likeness (QED) is 0.752. The standard InChI is InChI=1S/C19H23FN2O/c1-2-3-5-13-22-19(23)18(14-17-7-4-6-12-21-17)15-8-10-16(20)11-9-15/h4,6-12,18H,2-3,5,13-14H2,1H3,(H,22,23). The fourth-order valence-corrected chi connectivity index (χ4v) is 2.49. The average molecular weight is 314 g/mol. The lowest BCUT2D eigenvalue weighted by Gasteiger charge is -2.17. The Labute approximate surface area is 137 Å². The van der Waals surface area contributed by atoms with Gasteiger partial charge in [-0.05, 0) is 36.2 Å². The van der Waals surface area contributed by atoms with E-state index in [1.807, 2.05) is 18.2 Å². The van der Waals surface area contributed by atoms with Crippen LogP contribution >= 0.6 is 0 Å². The SMILES string of the molecule is CCCCCNC(=O)C(Cc1ccccn1)c1ccc(F)cc1. The first kappa shape index (κ1) is 17.1. The average Bonchev–Trinajstić information content (AvgIpc) is 2.58. The second-order valence-electron chi connectivity index (χ2n) is 5.63. The van der Waals surface area contributed by atoms with E-state index < -0.39 is 0 Å². The molecule has 2 rings (SSSR count). The van der Waals surface area contributed by atoms with Gasteiger partial charge in [-0.3, -0.25) is 9.78 Å². The summed E-state index contributed by atoms with van der Waals surface area (Å²) in [7, 11) is 0. The maximum absolute atomic E-state index is 13.2. The molecule has 0 fully saturated rings. The van der Waals surface area contributed by atoms with Gasteiger partial charge in [-0.2, -0.15) is 0 Å². The minimum absolute atomic E-state index is 0.0293. The van der Waals surface area contributed by atoms with Crippen molar-refractivity contribution in [2.45, 2.75) is 38.5 Å². The van der Waals surface area contributed by atoms with E-state index in [-0.39, 0.29) is 17.6 Å². The number of amides is 1. The van der Waals surface area contributed by atoms with Crippen LogP contribution in [-0.2, 0) is 11.2 Å². The van der Waals surface area contributed by atoms with E-state index in [0.29, 0.717) is 13.0 Å². The zero-order chi connectivity index (χ0) is 16.5. The van der Waals surface area contributed by atoms with Gasteiger partial charge in [0.15, 0.2) is 0 Å². The van der Waals surface area contributed by atoms with Crippen molar-refractivity contribution in [1.82, 2.24) is 10.3 Å². The number of aromatic nitrogens is 1. The highest BCUT2D eigenvalue weighted by molar-refractivity contribution is 5.83. The molecule has 0 aliphatic rings. The van der Waals surface area contributed by atoms with E-state index >= 15 is 0 Å². The number of rotatable bonds is 8. The van der Waals surface area contributed by atoms with Crippen molar-refractivity contribution < 1.29 is 9.18 Å². The number of hydrogen-bond donors (Lipinski definition) is 1. The third-order valence-electron chi connectivity index (χ3n) is 3.81. The van der Waals surface area contributed by atoms with E-state index in [4.69, 9.17) is 0 Å². The Kier molecular flexibility index (Phi) is 6.73. The highest BCUT2D eigenvalue weighted by atomic mass is 19.1. The molecule has 2 aromatic rings. The molecule has 23 heavy (non-hydrogen) atoms. The summed E-state index contributed by atoms with van der Waals surface area (Å²) in [5.41, 5.74) is 1.66. The Morgan fingerprint density at radius 2 is 1.96 bits per heavy atom. The molecule has 0 aliphatic heterocycles. The van der Waals surface area contributed by atoms with Crippen molar-refractivity contribution in [3.05, 3.63) is 65.7 Å². The summed E-state index contributed by atoms with van der Waals surface area (Å²) in [5.74, 6) is -0.681. The van der Waals surface area contributed by atoms with Crippen LogP contribution in [0, 0.1) is 5.82 Å².